The monoisotopic (exact) mass is 323 g/mol. The average molecular weight is 323 g/mol. The van der Waals surface area contributed by atoms with Gasteiger partial charge in [-0.25, -0.2) is 9.80 Å². The molecule has 1 atom stereocenters. The SMILES string of the molecule is CN1N=C(c2ccccc2)C(C)(Nc2ccccc2C(=O)O)C1=O. The first kappa shape index (κ1) is 15.7. The van der Waals surface area contributed by atoms with Crippen LogP contribution < -0.4 is 5.32 Å². The number of hydrogen-bond acceptors (Lipinski definition) is 4. The Bertz CT molecular complexity index is 832. The van der Waals surface area contributed by atoms with Crippen LogP contribution in [0.25, 0.3) is 0 Å². The van der Waals surface area contributed by atoms with E-state index in [1.807, 2.05) is 30.3 Å². The van der Waals surface area contributed by atoms with Crippen molar-refractivity contribution in [1.82, 2.24) is 5.01 Å². The van der Waals surface area contributed by atoms with Crippen LogP contribution >= 0.6 is 0 Å². The van der Waals surface area contributed by atoms with Gasteiger partial charge in [0, 0.05) is 18.3 Å². The lowest BCUT2D eigenvalue weighted by molar-refractivity contribution is -0.130. The third kappa shape index (κ3) is 2.52. The van der Waals surface area contributed by atoms with E-state index in [1.165, 1.54) is 11.1 Å². The molecule has 24 heavy (non-hydrogen) atoms. The zero-order chi connectivity index (χ0) is 17.3. The van der Waals surface area contributed by atoms with Crippen molar-refractivity contribution in [2.45, 2.75) is 12.5 Å². The summed E-state index contributed by atoms with van der Waals surface area (Å²) in [7, 11) is 1.58. The predicted octanol–water partition coefficient (Wildman–Crippen LogP) is 2.43. The second kappa shape index (κ2) is 5.81. The lowest BCUT2D eigenvalue weighted by Gasteiger charge is -2.27. The molecule has 0 radical (unpaired) electrons. The van der Waals surface area contributed by atoms with E-state index in [9.17, 15) is 14.7 Å². The van der Waals surface area contributed by atoms with Crippen LogP contribution in [0.4, 0.5) is 5.69 Å². The van der Waals surface area contributed by atoms with Crippen molar-refractivity contribution in [3.63, 3.8) is 0 Å². The summed E-state index contributed by atoms with van der Waals surface area (Å²) in [5.41, 5.74) is 0.684. The molecule has 1 aliphatic heterocycles. The highest BCUT2D eigenvalue weighted by molar-refractivity contribution is 6.25. The number of carboxylic acid groups (broad SMARTS) is 1. The topological polar surface area (TPSA) is 82.0 Å². The van der Waals surface area contributed by atoms with Crippen molar-refractivity contribution < 1.29 is 14.7 Å². The van der Waals surface area contributed by atoms with Crippen LogP contribution in [-0.4, -0.2) is 40.3 Å². The highest BCUT2D eigenvalue weighted by Gasteiger charge is 2.47. The normalized spacial score (nSPS) is 20.0. The molecule has 1 aliphatic rings. The Morgan fingerprint density at radius 3 is 2.42 bits per heavy atom. The molecule has 0 saturated heterocycles. The van der Waals surface area contributed by atoms with Gasteiger partial charge in [-0.3, -0.25) is 4.79 Å². The fourth-order valence-corrected chi connectivity index (χ4v) is 2.82. The van der Waals surface area contributed by atoms with Crippen LogP contribution in [0.15, 0.2) is 59.7 Å². The number of aromatic carboxylic acids is 1. The molecule has 3 rings (SSSR count). The Kier molecular flexibility index (Phi) is 3.81. The molecule has 6 heteroatoms. The summed E-state index contributed by atoms with van der Waals surface area (Å²) in [5.74, 6) is -1.31. The van der Waals surface area contributed by atoms with Gasteiger partial charge in [0.15, 0.2) is 5.54 Å². The van der Waals surface area contributed by atoms with Gasteiger partial charge in [-0.05, 0) is 19.1 Å². The van der Waals surface area contributed by atoms with E-state index in [-0.39, 0.29) is 11.5 Å². The second-order valence-corrected chi connectivity index (χ2v) is 5.74. The van der Waals surface area contributed by atoms with Crippen LogP contribution in [-0.2, 0) is 4.79 Å². The highest BCUT2D eigenvalue weighted by Crippen LogP contribution is 2.29. The lowest BCUT2D eigenvalue weighted by Crippen LogP contribution is -2.50. The first-order valence-corrected chi connectivity index (χ1v) is 7.46. The fourth-order valence-electron chi connectivity index (χ4n) is 2.82. The van der Waals surface area contributed by atoms with Crippen LogP contribution in [0.5, 0.6) is 0 Å². The maximum absolute atomic E-state index is 12.7. The van der Waals surface area contributed by atoms with Gasteiger partial charge in [-0.1, -0.05) is 42.5 Å². The van der Waals surface area contributed by atoms with Gasteiger partial charge >= 0.3 is 5.97 Å². The van der Waals surface area contributed by atoms with Crippen LogP contribution in [0, 0.1) is 0 Å². The second-order valence-electron chi connectivity index (χ2n) is 5.74. The number of para-hydroxylation sites is 1. The molecule has 1 unspecified atom stereocenters. The molecule has 0 spiro atoms. The van der Waals surface area contributed by atoms with Gasteiger partial charge in [0.05, 0.1) is 5.56 Å². The quantitative estimate of drug-likeness (QED) is 0.905. The fraction of sp³-hybridized carbons (Fsp3) is 0.167. The largest absolute Gasteiger partial charge is 0.478 e. The van der Waals surface area contributed by atoms with Crippen molar-refractivity contribution >= 4 is 23.3 Å². The van der Waals surface area contributed by atoms with Gasteiger partial charge in [0.1, 0.15) is 5.71 Å². The minimum atomic E-state index is -1.15. The van der Waals surface area contributed by atoms with E-state index in [4.69, 9.17) is 0 Å². The van der Waals surface area contributed by atoms with Crippen molar-refractivity contribution in [3.8, 4) is 0 Å². The van der Waals surface area contributed by atoms with Crippen LogP contribution in [0.2, 0.25) is 0 Å². The summed E-state index contributed by atoms with van der Waals surface area (Å²) in [6.45, 7) is 1.71. The number of benzene rings is 2. The van der Waals surface area contributed by atoms with Crippen LogP contribution in [0.1, 0.15) is 22.8 Å². The third-order valence-corrected chi connectivity index (χ3v) is 4.03. The van der Waals surface area contributed by atoms with Gasteiger partial charge < -0.3 is 10.4 Å². The number of hydrazone groups is 1. The summed E-state index contributed by atoms with van der Waals surface area (Å²) in [5, 5.41) is 18.1. The average Bonchev–Trinajstić information content (AvgIpc) is 2.80. The van der Waals surface area contributed by atoms with Gasteiger partial charge in [0.2, 0.25) is 0 Å². The molecule has 0 saturated carbocycles. The standard InChI is InChI=1S/C18H17N3O3/c1-18(19-14-11-7-6-10-13(14)16(22)23)15(20-21(2)17(18)24)12-8-4-3-5-9-12/h3-11,19H,1-2H3,(H,22,23). The lowest BCUT2D eigenvalue weighted by atomic mass is 9.89. The zero-order valence-electron chi connectivity index (χ0n) is 13.4. The molecule has 0 fully saturated rings. The van der Waals surface area contributed by atoms with Crippen molar-refractivity contribution in [1.29, 1.82) is 0 Å². The number of rotatable bonds is 4. The van der Waals surface area contributed by atoms with Gasteiger partial charge in [-0.15, -0.1) is 0 Å². The number of nitrogens with zero attached hydrogens (tertiary/aromatic N) is 2. The summed E-state index contributed by atoms with van der Waals surface area (Å²) < 4.78 is 0. The van der Waals surface area contributed by atoms with E-state index in [2.05, 4.69) is 10.4 Å². The predicted molar refractivity (Wildman–Crippen MR) is 91.2 cm³/mol. The maximum Gasteiger partial charge on any atom is 0.337 e. The molecule has 122 valence electrons. The van der Waals surface area contributed by atoms with Crippen LogP contribution in [0.3, 0.4) is 0 Å². The molecule has 2 aromatic rings. The van der Waals surface area contributed by atoms with E-state index in [1.54, 1.807) is 32.2 Å². The van der Waals surface area contributed by atoms with E-state index < -0.39 is 11.5 Å². The van der Waals surface area contributed by atoms with Gasteiger partial charge in [-0.2, -0.15) is 5.10 Å². The number of hydrogen-bond donors (Lipinski definition) is 2. The number of carbonyl (C=O) groups excluding carboxylic acids is 1. The molecule has 1 heterocycles. The van der Waals surface area contributed by atoms with E-state index in [0.29, 0.717) is 11.4 Å². The Morgan fingerprint density at radius 1 is 1.12 bits per heavy atom. The first-order valence-electron chi connectivity index (χ1n) is 7.46. The number of amides is 1. The molecule has 1 amide bonds. The Balaban J connectivity index is 2.06. The molecular weight excluding hydrogens is 306 g/mol. The molecule has 2 N–H and O–H groups in total. The number of likely N-dealkylation sites (N-methyl/N-ethyl adjacent to an activating group) is 1. The Morgan fingerprint density at radius 2 is 1.75 bits per heavy atom. The minimum absolute atomic E-state index is 0.105. The van der Waals surface area contributed by atoms with E-state index >= 15 is 0 Å². The van der Waals surface area contributed by atoms with Crippen molar-refractivity contribution in [2.75, 3.05) is 12.4 Å². The highest BCUT2D eigenvalue weighted by atomic mass is 16.4. The summed E-state index contributed by atoms with van der Waals surface area (Å²) in [4.78, 5) is 24.1. The minimum Gasteiger partial charge on any atom is -0.478 e. The van der Waals surface area contributed by atoms with E-state index in [0.717, 1.165) is 5.56 Å². The molecular formula is C18H17N3O3. The number of carboxylic acids is 1. The number of carbonyl (C=O) groups is 2. The molecule has 6 nitrogen and oxygen atoms in total. The smallest absolute Gasteiger partial charge is 0.337 e. The molecule has 0 aliphatic carbocycles. The summed E-state index contributed by atoms with van der Waals surface area (Å²) >= 11 is 0. The zero-order valence-corrected chi connectivity index (χ0v) is 13.4. The summed E-state index contributed by atoms with van der Waals surface area (Å²) in [6.07, 6.45) is 0. The molecule has 0 bridgehead atoms. The maximum atomic E-state index is 12.7. The number of nitrogens with one attached hydrogen (secondary N) is 1. The molecule has 2 aromatic carbocycles. The Labute approximate surface area is 139 Å². The summed E-state index contributed by atoms with van der Waals surface area (Å²) in [6, 6.07) is 15.9. The van der Waals surface area contributed by atoms with Crippen molar-refractivity contribution in [2.24, 2.45) is 5.10 Å². The number of anilines is 1. The Hall–Kier alpha value is -3.15. The van der Waals surface area contributed by atoms with Gasteiger partial charge in [0.25, 0.3) is 5.91 Å². The third-order valence-electron chi connectivity index (χ3n) is 4.03. The molecule has 0 aromatic heterocycles. The first-order chi connectivity index (χ1) is 11.4. The van der Waals surface area contributed by atoms with Crippen molar-refractivity contribution in [3.05, 3.63) is 65.7 Å².